The second kappa shape index (κ2) is 4.43. The Morgan fingerprint density at radius 2 is 2.09 bits per heavy atom. The van der Waals surface area contributed by atoms with Gasteiger partial charge in [-0.2, -0.15) is 0 Å². The number of rotatable bonds is 2. The monoisotopic (exact) mass is 297 g/mol. The molecule has 0 radical (unpaired) electrons. The van der Waals surface area contributed by atoms with Gasteiger partial charge in [0.15, 0.2) is 0 Å². The number of pyridine rings is 1. The minimum absolute atomic E-state index is 0.703. The number of halogens is 3. The van der Waals surface area contributed by atoms with E-state index in [1.165, 1.54) is 0 Å². The molecule has 0 spiro atoms. The van der Waals surface area contributed by atoms with E-state index in [0.717, 1.165) is 21.6 Å². The first-order valence-corrected chi connectivity index (χ1v) is 5.65. The smallest absolute Gasteiger partial charge is 0.0695 e. The Bertz CT molecular complexity index is 252. The summed E-state index contributed by atoms with van der Waals surface area (Å²) in [7, 11) is 0. The molecule has 0 amide bonds. The molecule has 0 fully saturated rings. The summed E-state index contributed by atoms with van der Waals surface area (Å²) < 4.78 is 0. The topological polar surface area (TPSA) is 12.9 Å². The molecule has 0 unspecified atom stereocenters. The molecule has 0 aromatic carbocycles. The lowest BCUT2D eigenvalue weighted by Gasteiger charge is -2.00. The van der Waals surface area contributed by atoms with Gasteiger partial charge < -0.3 is 0 Å². The fourth-order valence-corrected chi connectivity index (χ4v) is 1.85. The Morgan fingerprint density at radius 1 is 1.36 bits per heavy atom. The highest BCUT2D eigenvalue weighted by molar-refractivity contribution is 9.08. The molecule has 1 aromatic rings. The lowest BCUT2D eigenvalue weighted by molar-refractivity contribution is 1.15. The van der Waals surface area contributed by atoms with Crippen molar-refractivity contribution in [2.24, 2.45) is 0 Å². The van der Waals surface area contributed by atoms with Crippen LogP contribution in [0.15, 0.2) is 12.3 Å². The molecule has 60 valence electrons. The standard InChI is InChI=1S/C7H6Br2ClN/c8-2-5-1-6(10)7(3-9)11-4-5/h1,4H,2-3H2. The van der Waals surface area contributed by atoms with Gasteiger partial charge in [-0.05, 0) is 11.6 Å². The number of aromatic nitrogens is 1. The van der Waals surface area contributed by atoms with Crippen LogP contribution in [0.5, 0.6) is 0 Å². The van der Waals surface area contributed by atoms with Crippen molar-refractivity contribution in [3.63, 3.8) is 0 Å². The van der Waals surface area contributed by atoms with Crippen LogP contribution in [0.2, 0.25) is 5.02 Å². The lowest BCUT2D eigenvalue weighted by Crippen LogP contribution is -1.88. The molecule has 11 heavy (non-hydrogen) atoms. The largest absolute Gasteiger partial charge is 0.259 e. The summed E-state index contributed by atoms with van der Waals surface area (Å²) in [6, 6.07) is 1.92. The van der Waals surface area contributed by atoms with E-state index in [1.54, 1.807) is 0 Å². The van der Waals surface area contributed by atoms with Crippen LogP contribution >= 0.6 is 43.5 Å². The predicted octanol–water partition coefficient (Wildman–Crippen LogP) is 3.52. The molecule has 0 saturated heterocycles. The molecule has 4 heteroatoms. The van der Waals surface area contributed by atoms with Crippen molar-refractivity contribution in [1.29, 1.82) is 0 Å². The first kappa shape index (κ1) is 9.49. The third kappa shape index (κ3) is 2.42. The predicted molar refractivity (Wildman–Crippen MR) is 54.5 cm³/mol. The van der Waals surface area contributed by atoms with E-state index in [1.807, 2.05) is 12.3 Å². The van der Waals surface area contributed by atoms with Crippen LogP contribution in [0, 0.1) is 0 Å². The molecule has 0 N–H and O–H groups in total. The molecule has 1 heterocycles. The van der Waals surface area contributed by atoms with Gasteiger partial charge in [0.2, 0.25) is 0 Å². The number of hydrogen-bond donors (Lipinski definition) is 0. The molecule has 0 atom stereocenters. The van der Waals surface area contributed by atoms with E-state index in [-0.39, 0.29) is 0 Å². The van der Waals surface area contributed by atoms with Gasteiger partial charge in [0.05, 0.1) is 10.7 Å². The van der Waals surface area contributed by atoms with E-state index in [0.29, 0.717) is 5.33 Å². The fraction of sp³-hybridized carbons (Fsp3) is 0.286. The highest BCUT2D eigenvalue weighted by atomic mass is 79.9. The van der Waals surface area contributed by atoms with E-state index in [9.17, 15) is 0 Å². The quantitative estimate of drug-likeness (QED) is 0.761. The highest BCUT2D eigenvalue weighted by Gasteiger charge is 2.00. The average Bonchev–Trinajstić information content (AvgIpc) is 2.04. The van der Waals surface area contributed by atoms with Gasteiger partial charge >= 0.3 is 0 Å². The Kier molecular flexibility index (Phi) is 3.82. The van der Waals surface area contributed by atoms with Gasteiger partial charge in [-0.3, -0.25) is 4.98 Å². The molecule has 0 aliphatic heterocycles. The molecule has 0 bridgehead atoms. The minimum atomic E-state index is 0.703. The van der Waals surface area contributed by atoms with Gasteiger partial charge in [-0.1, -0.05) is 43.5 Å². The molecule has 0 aliphatic rings. The van der Waals surface area contributed by atoms with E-state index < -0.39 is 0 Å². The molecule has 1 aromatic heterocycles. The van der Waals surface area contributed by atoms with Crippen LogP contribution in [0.1, 0.15) is 11.3 Å². The van der Waals surface area contributed by atoms with Crippen molar-refractivity contribution in [1.82, 2.24) is 4.98 Å². The van der Waals surface area contributed by atoms with Crippen LogP contribution < -0.4 is 0 Å². The molecule has 0 saturated carbocycles. The number of alkyl halides is 2. The summed E-state index contributed by atoms with van der Waals surface area (Å²) in [6.45, 7) is 0. The van der Waals surface area contributed by atoms with Crippen molar-refractivity contribution >= 4 is 43.5 Å². The van der Waals surface area contributed by atoms with Crippen LogP contribution in [-0.4, -0.2) is 4.98 Å². The van der Waals surface area contributed by atoms with Crippen LogP contribution in [0.25, 0.3) is 0 Å². The first-order chi connectivity index (χ1) is 5.27. The molecular formula is C7H6Br2ClN. The van der Waals surface area contributed by atoms with Crippen molar-refractivity contribution in [3.05, 3.63) is 28.5 Å². The van der Waals surface area contributed by atoms with E-state index in [2.05, 4.69) is 36.8 Å². The fourth-order valence-electron chi connectivity index (χ4n) is 0.677. The second-order valence-electron chi connectivity index (χ2n) is 2.04. The van der Waals surface area contributed by atoms with E-state index in [4.69, 9.17) is 11.6 Å². The van der Waals surface area contributed by atoms with Gasteiger partial charge in [-0.15, -0.1) is 0 Å². The summed E-state index contributed by atoms with van der Waals surface area (Å²) in [4.78, 5) is 4.16. The third-order valence-electron chi connectivity index (χ3n) is 1.25. The maximum absolute atomic E-state index is 5.89. The Hall–Kier alpha value is 0.400. The molecular weight excluding hydrogens is 293 g/mol. The van der Waals surface area contributed by atoms with Crippen LogP contribution in [0.4, 0.5) is 0 Å². The average molecular weight is 299 g/mol. The second-order valence-corrected chi connectivity index (χ2v) is 3.57. The SMILES string of the molecule is Clc1cc(CBr)cnc1CBr. The number of nitrogens with zero attached hydrogens (tertiary/aromatic N) is 1. The summed E-state index contributed by atoms with van der Waals surface area (Å²) >= 11 is 12.5. The van der Waals surface area contributed by atoms with Gasteiger partial charge in [0.25, 0.3) is 0 Å². The summed E-state index contributed by atoms with van der Waals surface area (Å²) in [5.41, 5.74) is 1.98. The summed E-state index contributed by atoms with van der Waals surface area (Å²) in [5.74, 6) is 0. The van der Waals surface area contributed by atoms with E-state index >= 15 is 0 Å². The van der Waals surface area contributed by atoms with Crippen LogP contribution in [0.3, 0.4) is 0 Å². The van der Waals surface area contributed by atoms with Crippen molar-refractivity contribution in [2.75, 3.05) is 0 Å². The highest BCUT2D eigenvalue weighted by Crippen LogP contribution is 2.18. The van der Waals surface area contributed by atoms with Gasteiger partial charge in [0, 0.05) is 16.9 Å². The zero-order valence-corrected chi connectivity index (χ0v) is 9.58. The molecule has 0 aliphatic carbocycles. The maximum atomic E-state index is 5.89. The van der Waals surface area contributed by atoms with Crippen LogP contribution in [-0.2, 0) is 10.7 Å². The minimum Gasteiger partial charge on any atom is -0.259 e. The molecule has 1 nitrogen and oxygen atoms in total. The Morgan fingerprint density at radius 3 is 2.55 bits per heavy atom. The third-order valence-corrected chi connectivity index (χ3v) is 2.76. The van der Waals surface area contributed by atoms with Crippen molar-refractivity contribution in [2.45, 2.75) is 10.7 Å². The first-order valence-electron chi connectivity index (χ1n) is 3.03. The summed E-state index contributed by atoms with van der Waals surface area (Å²) in [5, 5.41) is 2.22. The lowest BCUT2D eigenvalue weighted by atomic mass is 10.3. The Labute approximate surface area is 87.4 Å². The zero-order chi connectivity index (χ0) is 8.27. The summed E-state index contributed by atoms with van der Waals surface area (Å²) in [6.07, 6.45) is 1.82. The zero-order valence-electron chi connectivity index (χ0n) is 5.65. The molecule has 1 rings (SSSR count). The Balaban J connectivity index is 2.99. The van der Waals surface area contributed by atoms with Crippen molar-refractivity contribution in [3.8, 4) is 0 Å². The maximum Gasteiger partial charge on any atom is 0.0695 e. The van der Waals surface area contributed by atoms with Crippen molar-refractivity contribution < 1.29 is 0 Å². The number of hydrogen-bond acceptors (Lipinski definition) is 1. The van der Waals surface area contributed by atoms with Gasteiger partial charge in [-0.25, -0.2) is 0 Å². The van der Waals surface area contributed by atoms with Gasteiger partial charge in [0.1, 0.15) is 0 Å². The normalized spacial score (nSPS) is 10.1.